The second-order valence-electron chi connectivity index (χ2n) is 9.53. The van der Waals surface area contributed by atoms with Crippen LogP contribution in [-0.2, 0) is 0 Å². The summed E-state index contributed by atoms with van der Waals surface area (Å²) in [6.45, 7) is 0. The third-order valence-electron chi connectivity index (χ3n) is 6.48. The number of nitrogens with one attached hydrogen (secondary N) is 2. The van der Waals surface area contributed by atoms with E-state index in [0.717, 1.165) is 0 Å². The Labute approximate surface area is 244 Å². The molecule has 0 aromatic heterocycles. The quantitative estimate of drug-likeness (QED) is 0.218. The van der Waals surface area contributed by atoms with Gasteiger partial charge in [0.05, 0.1) is 12.1 Å². The molecule has 29 heteroatoms. The van der Waals surface area contributed by atoms with Crippen molar-refractivity contribution in [1.29, 1.82) is 0 Å². The maximum absolute atomic E-state index is 14.9. The fourth-order valence-corrected chi connectivity index (χ4v) is 4.98. The Morgan fingerprint density at radius 3 is 0.766 bits per heavy atom. The summed E-state index contributed by atoms with van der Waals surface area (Å²) >= 11 is 0.250. The van der Waals surface area contributed by atoms with Gasteiger partial charge in [-0.15, -0.1) is 0 Å². The minimum Gasteiger partial charge on any atom is -0.376 e. The molecular formula is C18H8F26N2S. The molecule has 0 spiro atoms. The van der Waals surface area contributed by atoms with Gasteiger partial charge in [-0.05, 0) is 0 Å². The molecule has 1 saturated heterocycles. The summed E-state index contributed by atoms with van der Waals surface area (Å²) < 4.78 is 353. The Bertz CT molecular complexity index is 1140. The van der Waals surface area contributed by atoms with E-state index in [4.69, 9.17) is 0 Å². The molecule has 2 unspecified atom stereocenters. The van der Waals surface area contributed by atoms with Crippen molar-refractivity contribution in [3.8, 4) is 0 Å². The summed E-state index contributed by atoms with van der Waals surface area (Å²) in [5.74, 6) is -87.0. The highest BCUT2D eigenvalue weighted by molar-refractivity contribution is 7.99. The molecule has 47 heavy (non-hydrogen) atoms. The van der Waals surface area contributed by atoms with Crippen LogP contribution in [0, 0.1) is 0 Å². The van der Waals surface area contributed by atoms with Crippen molar-refractivity contribution >= 4 is 11.8 Å². The van der Waals surface area contributed by atoms with Crippen molar-refractivity contribution < 1.29 is 114 Å². The lowest BCUT2D eigenvalue weighted by molar-refractivity contribution is -0.439. The van der Waals surface area contributed by atoms with Crippen LogP contribution in [0.5, 0.6) is 0 Å². The van der Waals surface area contributed by atoms with Crippen molar-refractivity contribution in [3.63, 3.8) is 0 Å². The van der Waals surface area contributed by atoms with Crippen molar-refractivity contribution in [3.05, 3.63) is 11.4 Å². The van der Waals surface area contributed by atoms with E-state index in [9.17, 15) is 114 Å². The van der Waals surface area contributed by atoms with Crippen LogP contribution in [0.1, 0.15) is 0 Å². The van der Waals surface area contributed by atoms with Crippen LogP contribution >= 0.6 is 11.8 Å². The highest BCUT2D eigenvalue weighted by Crippen LogP contribution is 2.64. The number of rotatable bonds is 10. The first kappa shape index (κ1) is 41.0. The van der Waals surface area contributed by atoms with Gasteiger partial charge >= 0.3 is 71.6 Å². The Kier molecular flexibility index (Phi) is 9.33. The summed E-state index contributed by atoms with van der Waals surface area (Å²) in [6, 6.07) is -4.60. The monoisotopic (exact) mass is 778 g/mol. The predicted molar refractivity (Wildman–Crippen MR) is 99.8 cm³/mol. The summed E-state index contributed by atoms with van der Waals surface area (Å²) in [5.41, 5.74) is -8.38. The Morgan fingerprint density at radius 2 is 0.553 bits per heavy atom. The van der Waals surface area contributed by atoms with Gasteiger partial charge in [0.15, 0.2) is 0 Å². The van der Waals surface area contributed by atoms with Crippen molar-refractivity contribution in [2.24, 2.45) is 0 Å². The molecule has 2 nitrogen and oxygen atoms in total. The average molecular weight is 778 g/mol. The van der Waals surface area contributed by atoms with Crippen LogP contribution in [0.4, 0.5) is 114 Å². The van der Waals surface area contributed by atoms with Crippen molar-refractivity contribution in [2.45, 2.75) is 83.7 Å². The average Bonchev–Trinajstić information content (AvgIpc) is 3.33. The molecule has 0 amide bonds. The van der Waals surface area contributed by atoms with Crippen LogP contribution in [-0.4, -0.2) is 95.2 Å². The minimum absolute atomic E-state index is 0.250. The van der Waals surface area contributed by atoms with Crippen LogP contribution < -0.4 is 10.6 Å². The summed E-state index contributed by atoms with van der Waals surface area (Å²) in [6.07, 6.45) is -16.0. The van der Waals surface area contributed by atoms with Crippen molar-refractivity contribution in [1.82, 2.24) is 10.6 Å². The molecule has 0 bridgehead atoms. The zero-order valence-electron chi connectivity index (χ0n) is 20.8. The number of hydrogen-bond acceptors (Lipinski definition) is 3. The lowest BCUT2D eigenvalue weighted by atomic mass is 9.87. The maximum atomic E-state index is 14.9. The van der Waals surface area contributed by atoms with E-state index in [0.29, 0.717) is 10.6 Å². The molecule has 2 aliphatic heterocycles. The van der Waals surface area contributed by atoms with Gasteiger partial charge < -0.3 is 10.6 Å². The van der Waals surface area contributed by atoms with Gasteiger partial charge in [0.2, 0.25) is 0 Å². The van der Waals surface area contributed by atoms with E-state index < -0.39 is 107 Å². The first-order valence-electron chi connectivity index (χ1n) is 11.0. The molecule has 0 aliphatic carbocycles. The maximum Gasteiger partial charge on any atom is 0.460 e. The highest BCUT2D eigenvalue weighted by Gasteiger charge is 2.93. The molecule has 0 aromatic carbocycles. The van der Waals surface area contributed by atoms with Gasteiger partial charge in [-0.2, -0.15) is 126 Å². The fourth-order valence-electron chi connectivity index (χ4n) is 3.70. The van der Waals surface area contributed by atoms with E-state index >= 15 is 0 Å². The topological polar surface area (TPSA) is 24.1 Å². The smallest absolute Gasteiger partial charge is 0.376 e. The summed E-state index contributed by atoms with van der Waals surface area (Å²) in [5, 5.41) is 1.06. The Morgan fingerprint density at radius 1 is 0.340 bits per heavy atom. The lowest BCUT2D eigenvalue weighted by Gasteiger charge is -2.45. The fraction of sp³-hybridized carbons (Fsp3) is 0.889. The van der Waals surface area contributed by atoms with E-state index in [1.807, 2.05) is 0 Å². The molecule has 0 saturated carbocycles. The summed E-state index contributed by atoms with van der Waals surface area (Å²) in [7, 11) is 0. The highest BCUT2D eigenvalue weighted by atomic mass is 32.2. The normalized spacial score (nSPS) is 22.3. The number of thioether (sulfide) groups is 1. The van der Waals surface area contributed by atoms with E-state index in [1.165, 1.54) is 0 Å². The van der Waals surface area contributed by atoms with Gasteiger partial charge in [-0.3, -0.25) is 0 Å². The molecule has 1 fully saturated rings. The number of halogens is 26. The first-order chi connectivity index (χ1) is 20.2. The SMILES string of the molecule is FC(F)(F)C(F)(F)C(F)(F)C(F)(F)C(F)(F)C(F)(F)C1=C(C(F)(F)C(F)(F)C(F)(F)C(F)(F)C(F)(F)C(F)(F)F)NC2CSCC2N1. The third-order valence-corrected chi connectivity index (χ3v) is 7.67. The molecule has 0 aromatic rings. The van der Waals surface area contributed by atoms with Gasteiger partial charge in [0.1, 0.15) is 11.4 Å². The molecule has 2 atom stereocenters. The van der Waals surface area contributed by atoms with E-state index in [-0.39, 0.29) is 11.8 Å². The van der Waals surface area contributed by atoms with E-state index in [2.05, 4.69) is 0 Å². The Balaban J connectivity index is 2.95. The number of fused-ring (bicyclic) bond motifs is 1. The van der Waals surface area contributed by atoms with Gasteiger partial charge in [-0.25, -0.2) is 0 Å². The molecule has 2 heterocycles. The number of allylic oxidation sites excluding steroid dienone is 2. The van der Waals surface area contributed by atoms with E-state index in [1.54, 1.807) is 0 Å². The zero-order chi connectivity index (χ0) is 37.8. The first-order valence-corrected chi connectivity index (χ1v) is 12.1. The minimum atomic E-state index is -8.81. The summed E-state index contributed by atoms with van der Waals surface area (Å²) in [4.78, 5) is 0. The van der Waals surface area contributed by atoms with Gasteiger partial charge in [-0.1, -0.05) is 0 Å². The second kappa shape index (κ2) is 10.7. The van der Waals surface area contributed by atoms with Crippen LogP contribution in [0.15, 0.2) is 11.4 Å². The lowest BCUT2D eigenvalue weighted by Crippen LogP contribution is -2.73. The van der Waals surface area contributed by atoms with Crippen LogP contribution in [0.3, 0.4) is 0 Å². The molecule has 0 radical (unpaired) electrons. The van der Waals surface area contributed by atoms with Gasteiger partial charge in [0, 0.05) is 11.5 Å². The number of hydrogen-bond donors (Lipinski definition) is 2. The molecular weight excluding hydrogens is 770 g/mol. The molecule has 278 valence electrons. The molecule has 2 aliphatic rings. The second-order valence-corrected chi connectivity index (χ2v) is 10.6. The van der Waals surface area contributed by atoms with Crippen molar-refractivity contribution in [2.75, 3.05) is 11.5 Å². The third kappa shape index (κ3) is 5.18. The Hall–Kier alpha value is -2.13. The van der Waals surface area contributed by atoms with Crippen LogP contribution in [0.25, 0.3) is 0 Å². The van der Waals surface area contributed by atoms with Crippen LogP contribution in [0.2, 0.25) is 0 Å². The van der Waals surface area contributed by atoms with Gasteiger partial charge in [0.25, 0.3) is 0 Å². The zero-order valence-corrected chi connectivity index (χ0v) is 21.6. The predicted octanol–water partition coefficient (Wildman–Crippen LogP) is 8.35. The number of alkyl halides is 26. The standard InChI is InChI=1S/C18H8F26N2S/c19-7(20,9(23,24)11(27,28)13(31,32)15(35,36)17(39,40)41)5-6(46-4-2-47-1-3(4)45-5)8(21,22)10(25,26)12(29,30)14(33,34)16(37,38)18(42,43)44/h3-4,45-46H,1-2H2. The largest absolute Gasteiger partial charge is 0.460 e. The molecule has 2 N–H and O–H groups in total. The molecule has 2 rings (SSSR count).